The van der Waals surface area contributed by atoms with Crippen LogP contribution in [0.2, 0.25) is 5.02 Å². The van der Waals surface area contributed by atoms with E-state index in [1.807, 2.05) is 25.2 Å². The van der Waals surface area contributed by atoms with Crippen LogP contribution in [0.1, 0.15) is 5.56 Å². The first kappa shape index (κ1) is 23.5. The first-order chi connectivity index (χ1) is 14.8. The van der Waals surface area contributed by atoms with Crippen LogP contribution in [-0.2, 0) is 6.54 Å². The van der Waals surface area contributed by atoms with Crippen molar-refractivity contribution in [1.29, 1.82) is 0 Å². The summed E-state index contributed by atoms with van der Waals surface area (Å²) in [5, 5.41) is 0.799. The second-order valence-corrected chi connectivity index (χ2v) is 10.7. The number of carbonyl (C=O) groups is 1. The van der Waals surface area contributed by atoms with Crippen LogP contribution in [0, 0.1) is 7.14 Å². The molecule has 0 atom stereocenters. The average molecular weight is 557 g/mol. The molecule has 0 aliphatic carbocycles. The van der Waals surface area contributed by atoms with Crippen molar-refractivity contribution in [3.05, 3.63) is 60.2 Å². The Hall–Kier alpha value is -2.20. The molecule has 1 aliphatic heterocycles. The van der Waals surface area contributed by atoms with Crippen LogP contribution in [0.4, 0.5) is 4.79 Å². The van der Waals surface area contributed by atoms with Gasteiger partial charge in [-0.05, 0) is 0 Å². The molecule has 31 heavy (non-hydrogen) atoms. The van der Waals surface area contributed by atoms with Crippen molar-refractivity contribution in [2.45, 2.75) is 6.54 Å². The molecule has 3 rings (SSSR count). The van der Waals surface area contributed by atoms with Gasteiger partial charge in [0, 0.05) is 0 Å². The molecular formula is C22H28ClIN5O2-. The fourth-order valence-corrected chi connectivity index (χ4v) is 6.07. The second-order valence-electron chi connectivity index (χ2n) is 7.38. The first-order valence-electron chi connectivity index (χ1n) is 9.78. The Balaban J connectivity index is 1.67. The van der Waals surface area contributed by atoms with E-state index in [0.29, 0.717) is 19.9 Å². The molecule has 1 heterocycles. The van der Waals surface area contributed by atoms with Gasteiger partial charge in [-0.25, -0.2) is 0 Å². The normalized spacial score (nSPS) is 15.0. The van der Waals surface area contributed by atoms with E-state index in [1.54, 1.807) is 38.1 Å². The van der Waals surface area contributed by atoms with Gasteiger partial charge < -0.3 is 0 Å². The van der Waals surface area contributed by atoms with E-state index < -0.39 is 0 Å². The molecule has 2 aromatic carbocycles. The van der Waals surface area contributed by atoms with Crippen LogP contribution in [-0.4, -0.2) is 80.2 Å². The van der Waals surface area contributed by atoms with E-state index in [1.165, 1.54) is 7.14 Å². The summed E-state index contributed by atoms with van der Waals surface area (Å²) in [6.07, 6.45) is 0. The first-order valence-corrected chi connectivity index (χ1v) is 12.3. The number of rotatable bonds is 5. The van der Waals surface area contributed by atoms with Crippen LogP contribution in [0.5, 0.6) is 5.75 Å². The Morgan fingerprint density at radius 2 is 1.81 bits per heavy atom. The number of ether oxygens (including phenoxy) is 1. The fourth-order valence-electron chi connectivity index (χ4n) is 3.46. The van der Waals surface area contributed by atoms with Gasteiger partial charge in [-0.2, -0.15) is 0 Å². The molecule has 0 aromatic heterocycles. The van der Waals surface area contributed by atoms with Gasteiger partial charge in [-0.1, -0.05) is 0 Å². The van der Waals surface area contributed by atoms with Crippen LogP contribution < -0.4 is 25.9 Å². The number of hydrogen-bond acceptors (Lipinski definition) is 3. The second kappa shape index (κ2) is 10.4. The molecule has 0 saturated carbocycles. The third-order valence-electron chi connectivity index (χ3n) is 4.91. The number of methoxy groups -OCH3 is 1. The predicted octanol–water partition coefficient (Wildman–Crippen LogP) is 0.109. The van der Waals surface area contributed by atoms with Crippen molar-refractivity contribution in [2.24, 2.45) is 4.99 Å². The Morgan fingerprint density at radius 3 is 2.35 bits per heavy atom. The molecule has 0 radical (unpaired) electrons. The van der Waals surface area contributed by atoms with E-state index in [0.717, 1.165) is 22.3 Å². The fraction of sp³-hybridized carbons (Fsp3) is 0.364. The summed E-state index contributed by atoms with van der Waals surface area (Å²) in [5.41, 5.74) is 1.12. The Kier molecular flexibility index (Phi) is 7.88. The summed E-state index contributed by atoms with van der Waals surface area (Å²) in [7, 11) is 9.04. The number of benzene rings is 2. The maximum atomic E-state index is 12.0. The van der Waals surface area contributed by atoms with Crippen LogP contribution >= 0.6 is 11.6 Å². The molecule has 0 N–H and O–H groups in total. The van der Waals surface area contributed by atoms with Crippen molar-refractivity contribution in [3.8, 4) is 5.75 Å². The molecule has 9 heteroatoms. The summed E-state index contributed by atoms with van der Waals surface area (Å²) >= 11 is 6.27. The van der Waals surface area contributed by atoms with E-state index in [-0.39, 0.29) is 27.2 Å². The number of halogens is 2. The van der Waals surface area contributed by atoms with E-state index in [4.69, 9.17) is 16.3 Å². The Bertz CT molecular complexity index is 939. The van der Waals surface area contributed by atoms with E-state index in [9.17, 15) is 4.79 Å². The number of amides is 2. The van der Waals surface area contributed by atoms with Gasteiger partial charge in [-0.15, -0.1) is 0 Å². The van der Waals surface area contributed by atoms with E-state index >= 15 is 0 Å². The number of carbonyl (C=O) groups excluding carboxylic acids is 1. The molecule has 0 unspecified atom stereocenters. The van der Waals surface area contributed by atoms with Gasteiger partial charge in [-0.3, -0.25) is 0 Å². The van der Waals surface area contributed by atoms with Crippen molar-refractivity contribution in [3.63, 3.8) is 0 Å². The molecule has 1 fully saturated rings. The van der Waals surface area contributed by atoms with Crippen LogP contribution in [0.3, 0.4) is 0 Å². The Labute approximate surface area is 199 Å². The number of aliphatic imine (C=N–C) groups is 1. The monoisotopic (exact) mass is 556 g/mol. The molecule has 1 aliphatic rings. The summed E-state index contributed by atoms with van der Waals surface area (Å²) in [6, 6.07) is 14.5. The molecule has 2 aromatic rings. The summed E-state index contributed by atoms with van der Waals surface area (Å²) in [6.45, 7) is 1.68. The molecule has 1 saturated heterocycles. The van der Waals surface area contributed by atoms with Gasteiger partial charge in [0.2, 0.25) is 0 Å². The zero-order valence-corrected chi connectivity index (χ0v) is 21.4. The van der Waals surface area contributed by atoms with Gasteiger partial charge in [0.1, 0.15) is 0 Å². The maximum absolute atomic E-state index is 12.0. The van der Waals surface area contributed by atoms with Crippen LogP contribution in [0.25, 0.3) is 0 Å². The van der Waals surface area contributed by atoms with Crippen molar-refractivity contribution in [2.75, 3.05) is 48.6 Å². The van der Waals surface area contributed by atoms with Crippen molar-refractivity contribution >= 4 is 23.6 Å². The minimum atomic E-state index is -0.363. The quantitative estimate of drug-likeness (QED) is 0.298. The van der Waals surface area contributed by atoms with Crippen molar-refractivity contribution < 1.29 is 30.7 Å². The zero-order valence-electron chi connectivity index (χ0n) is 18.5. The van der Waals surface area contributed by atoms with Crippen molar-refractivity contribution in [1.82, 2.24) is 19.6 Å². The summed E-state index contributed by atoms with van der Waals surface area (Å²) < 4.78 is 7.72. The third kappa shape index (κ3) is 5.74. The number of guanidine groups is 1. The molecule has 0 bridgehead atoms. The standard InChI is InChI=1S/C22H28ClIN5O2/c1-25-21(29-14-27(3)22(30)28(4)15-29)26(2)13-16-6-11-20(19(23)12-16)24-17-7-9-18(31-5)10-8-17/h6-12H,13-15H2,1-5H3/q-1. The van der Waals surface area contributed by atoms with Gasteiger partial charge in [0.15, 0.2) is 0 Å². The minimum absolute atomic E-state index is 0.0110. The third-order valence-corrected chi connectivity index (χ3v) is 8.40. The summed E-state index contributed by atoms with van der Waals surface area (Å²) in [5.74, 6) is 1.69. The molecule has 0 spiro atoms. The number of urea groups is 1. The van der Waals surface area contributed by atoms with Gasteiger partial charge in [0.25, 0.3) is 0 Å². The van der Waals surface area contributed by atoms with Gasteiger partial charge >= 0.3 is 200 Å². The van der Waals surface area contributed by atoms with Gasteiger partial charge in [0.05, 0.1) is 0 Å². The topological polar surface area (TPSA) is 51.6 Å². The molecule has 7 nitrogen and oxygen atoms in total. The molecular weight excluding hydrogens is 529 g/mol. The Morgan fingerprint density at radius 1 is 1.16 bits per heavy atom. The number of nitrogens with zero attached hydrogens (tertiary/aromatic N) is 5. The zero-order chi connectivity index (χ0) is 22.5. The summed E-state index contributed by atoms with van der Waals surface area (Å²) in [4.78, 5) is 24.0. The predicted molar refractivity (Wildman–Crippen MR) is 119 cm³/mol. The molecule has 2 amide bonds. The number of hydrogen-bond donors (Lipinski definition) is 0. The van der Waals surface area contributed by atoms with Crippen LogP contribution in [0.15, 0.2) is 47.5 Å². The molecule has 168 valence electrons. The van der Waals surface area contributed by atoms with E-state index in [2.05, 4.69) is 39.1 Å². The average Bonchev–Trinajstić information content (AvgIpc) is 2.75. The SMILES string of the molecule is CN=C(N(C)Cc1ccc([I-]c2ccc(OC)cc2)c(Cl)c1)N1CN(C)C(=O)N(C)C1.